The molecule has 0 saturated carbocycles. The maximum Gasteiger partial charge on any atom is 0.241 e. The molecule has 32 heavy (non-hydrogen) atoms. The van der Waals surface area contributed by atoms with E-state index in [0.717, 1.165) is 34.7 Å². The topological polar surface area (TPSA) is 88.3 Å². The number of fused-ring (bicyclic) bond motifs is 1. The molecule has 5 rings (SSSR count). The van der Waals surface area contributed by atoms with Crippen LogP contribution in [0.3, 0.4) is 0 Å². The average molecular weight is 428 g/mol. The number of carbonyl (C=O) groups excluding carboxylic acids is 1. The number of hydrogen-bond donors (Lipinski definition) is 1. The molecule has 0 unspecified atom stereocenters. The first-order valence-corrected chi connectivity index (χ1v) is 10.8. The van der Waals surface area contributed by atoms with Gasteiger partial charge in [0.25, 0.3) is 0 Å². The van der Waals surface area contributed by atoms with Crippen LogP contribution in [0.5, 0.6) is 0 Å². The van der Waals surface area contributed by atoms with Gasteiger partial charge in [-0.3, -0.25) is 9.78 Å². The highest BCUT2D eigenvalue weighted by atomic mass is 16.2. The third-order valence-corrected chi connectivity index (χ3v) is 5.72. The second-order valence-electron chi connectivity index (χ2n) is 8.26. The van der Waals surface area contributed by atoms with Gasteiger partial charge < -0.3 is 10.2 Å². The fraction of sp³-hybridized carbons (Fsp3) is 0.292. The number of carbonyl (C=O) groups is 1. The molecule has 5 heterocycles. The van der Waals surface area contributed by atoms with Gasteiger partial charge in [-0.2, -0.15) is 5.10 Å². The second kappa shape index (κ2) is 8.47. The minimum Gasteiger partial charge on any atom is -0.309 e. The van der Waals surface area contributed by atoms with Crippen LogP contribution in [0.15, 0.2) is 55.1 Å². The molecule has 1 amide bonds. The molecule has 1 aliphatic rings. The van der Waals surface area contributed by atoms with E-state index in [1.54, 1.807) is 17.3 Å². The summed E-state index contributed by atoms with van der Waals surface area (Å²) in [6.07, 6.45) is 7.96. The number of rotatable bonds is 5. The SMILES string of the molecule is CC(C)c1cnn2ccc(-c3ccnc(Cc4ccc(N5CCNCC5=O)cn4)n3)cc12. The van der Waals surface area contributed by atoms with Gasteiger partial charge in [0.2, 0.25) is 5.91 Å². The van der Waals surface area contributed by atoms with Gasteiger partial charge in [-0.15, -0.1) is 0 Å². The smallest absolute Gasteiger partial charge is 0.241 e. The van der Waals surface area contributed by atoms with Crippen molar-refractivity contribution >= 4 is 17.1 Å². The Morgan fingerprint density at radius 1 is 1.12 bits per heavy atom. The molecule has 0 bridgehead atoms. The van der Waals surface area contributed by atoms with Crippen molar-refractivity contribution < 1.29 is 4.79 Å². The van der Waals surface area contributed by atoms with Crippen molar-refractivity contribution in [1.29, 1.82) is 0 Å². The first kappa shape index (κ1) is 20.3. The number of hydrogen-bond acceptors (Lipinski definition) is 6. The largest absolute Gasteiger partial charge is 0.309 e. The lowest BCUT2D eigenvalue weighted by molar-refractivity contribution is -0.118. The van der Waals surface area contributed by atoms with E-state index in [1.165, 1.54) is 5.56 Å². The van der Waals surface area contributed by atoms with Crippen LogP contribution in [0.4, 0.5) is 5.69 Å². The van der Waals surface area contributed by atoms with E-state index >= 15 is 0 Å². The molecule has 1 fully saturated rings. The van der Waals surface area contributed by atoms with E-state index < -0.39 is 0 Å². The number of pyridine rings is 2. The van der Waals surface area contributed by atoms with Crippen LogP contribution in [-0.2, 0) is 11.2 Å². The summed E-state index contributed by atoms with van der Waals surface area (Å²) in [5, 5.41) is 7.52. The van der Waals surface area contributed by atoms with Gasteiger partial charge in [0.1, 0.15) is 5.82 Å². The van der Waals surface area contributed by atoms with Crippen molar-refractivity contribution in [2.24, 2.45) is 0 Å². The van der Waals surface area contributed by atoms with Gasteiger partial charge in [0.15, 0.2) is 0 Å². The van der Waals surface area contributed by atoms with E-state index in [0.29, 0.717) is 31.3 Å². The van der Waals surface area contributed by atoms with Gasteiger partial charge in [-0.1, -0.05) is 13.8 Å². The van der Waals surface area contributed by atoms with Gasteiger partial charge in [-0.25, -0.2) is 14.5 Å². The molecule has 8 nitrogen and oxygen atoms in total. The number of piperazine rings is 1. The Labute approximate surface area is 186 Å². The molecular formula is C24H25N7O. The van der Waals surface area contributed by atoms with Crippen LogP contribution in [0.2, 0.25) is 0 Å². The van der Waals surface area contributed by atoms with E-state index in [-0.39, 0.29) is 5.91 Å². The summed E-state index contributed by atoms with van der Waals surface area (Å²) in [6, 6.07) is 9.96. The lowest BCUT2D eigenvalue weighted by Crippen LogP contribution is -2.48. The number of anilines is 1. The Morgan fingerprint density at radius 2 is 2.03 bits per heavy atom. The van der Waals surface area contributed by atoms with Crippen molar-refractivity contribution in [3.8, 4) is 11.3 Å². The zero-order valence-corrected chi connectivity index (χ0v) is 18.2. The number of amides is 1. The van der Waals surface area contributed by atoms with E-state index in [2.05, 4.69) is 40.3 Å². The standard InChI is InChI=1S/C24H25N7O/c1-16(2)20-14-28-31-9-6-17(11-22(20)31)21-5-7-26-23(29-21)12-18-3-4-19(13-27-18)30-10-8-25-15-24(30)32/h3-7,9,11,13-14,16,25H,8,10,12,15H2,1-2H3. The van der Waals surface area contributed by atoms with Crippen LogP contribution in [0.25, 0.3) is 16.8 Å². The minimum absolute atomic E-state index is 0.0672. The lowest BCUT2D eigenvalue weighted by Gasteiger charge is -2.27. The first-order chi connectivity index (χ1) is 15.6. The maximum absolute atomic E-state index is 12.1. The molecule has 0 atom stereocenters. The molecule has 1 saturated heterocycles. The molecule has 4 aromatic rings. The quantitative estimate of drug-likeness (QED) is 0.527. The zero-order valence-electron chi connectivity index (χ0n) is 18.2. The molecule has 0 radical (unpaired) electrons. The lowest BCUT2D eigenvalue weighted by atomic mass is 10.0. The van der Waals surface area contributed by atoms with Crippen LogP contribution in [0, 0.1) is 0 Å². The predicted molar refractivity (Wildman–Crippen MR) is 123 cm³/mol. The van der Waals surface area contributed by atoms with Gasteiger partial charge in [-0.05, 0) is 36.2 Å². The Morgan fingerprint density at radius 3 is 2.81 bits per heavy atom. The normalized spacial score (nSPS) is 14.5. The predicted octanol–water partition coefficient (Wildman–Crippen LogP) is 2.84. The molecule has 4 aromatic heterocycles. The molecule has 162 valence electrons. The van der Waals surface area contributed by atoms with Crippen molar-refractivity contribution in [2.45, 2.75) is 26.2 Å². The summed E-state index contributed by atoms with van der Waals surface area (Å²) in [6.45, 7) is 6.15. The summed E-state index contributed by atoms with van der Waals surface area (Å²) in [5.41, 5.74) is 5.90. The molecule has 0 aromatic carbocycles. The number of nitrogens with zero attached hydrogens (tertiary/aromatic N) is 6. The Hall–Kier alpha value is -3.65. The summed E-state index contributed by atoms with van der Waals surface area (Å²) >= 11 is 0. The average Bonchev–Trinajstić information content (AvgIpc) is 3.24. The highest BCUT2D eigenvalue weighted by molar-refractivity contribution is 5.95. The highest BCUT2D eigenvalue weighted by Gasteiger charge is 2.19. The molecule has 0 spiro atoms. The van der Waals surface area contributed by atoms with Crippen LogP contribution >= 0.6 is 0 Å². The minimum atomic E-state index is 0.0672. The Kier molecular flexibility index (Phi) is 5.36. The fourth-order valence-electron chi connectivity index (χ4n) is 3.97. The molecule has 1 aliphatic heterocycles. The van der Waals surface area contributed by atoms with E-state index in [4.69, 9.17) is 4.98 Å². The molecule has 0 aliphatic carbocycles. The fourth-order valence-corrected chi connectivity index (χ4v) is 3.97. The third-order valence-electron chi connectivity index (χ3n) is 5.72. The van der Waals surface area contributed by atoms with Gasteiger partial charge in [0.05, 0.1) is 42.3 Å². The Bertz CT molecular complexity index is 1260. The number of nitrogens with one attached hydrogen (secondary N) is 1. The van der Waals surface area contributed by atoms with Crippen LogP contribution in [0.1, 0.15) is 36.8 Å². The maximum atomic E-state index is 12.1. The molecular weight excluding hydrogens is 402 g/mol. The van der Waals surface area contributed by atoms with Crippen LogP contribution in [-0.4, -0.2) is 50.1 Å². The molecule has 1 N–H and O–H groups in total. The van der Waals surface area contributed by atoms with Gasteiger partial charge in [0, 0.05) is 42.3 Å². The third kappa shape index (κ3) is 3.97. The zero-order chi connectivity index (χ0) is 22.1. The summed E-state index contributed by atoms with van der Waals surface area (Å²) in [7, 11) is 0. The van der Waals surface area contributed by atoms with Crippen molar-refractivity contribution in [2.75, 3.05) is 24.5 Å². The van der Waals surface area contributed by atoms with Crippen molar-refractivity contribution in [3.63, 3.8) is 0 Å². The summed E-state index contributed by atoms with van der Waals surface area (Å²) < 4.78 is 1.90. The Balaban J connectivity index is 1.37. The van der Waals surface area contributed by atoms with Gasteiger partial charge >= 0.3 is 0 Å². The first-order valence-electron chi connectivity index (χ1n) is 10.8. The summed E-state index contributed by atoms with van der Waals surface area (Å²) in [4.78, 5) is 27.6. The van der Waals surface area contributed by atoms with Crippen molar-refractivity contribution in [1.82, 2.24) is 29.9 Å². The second-order valence-corrected chi connectivity index (χ2v) is 8.26. The summed E-state index contributed by atoms with van der Waals surface area (Å²) in [5.74, 6) is 1.17. The van der Waals surface area contributed by atoms with E-state index in [9.17, 15) is 4.79 Å². The molecule has 8 heteroatoms. The van der Waals surface area contributed by atoms with E-state index in [1.807, 2.05) is 41.2 Å². The highest BCUT2D eigenvalue weighted by Crippen LogP contribution is 2.25. The van der Waals surface area contributed by atoms with Crippen LogP contribution < -0.4 is 10.2 Å². The monoisotopic (exact) mass is 427 g/mol. The van der Waals surface area contributed by atoms with Crippen molar-refractivity contribution in [3.05, 3.63) is 72.2 Å². The number of aromatic nitrogens is 5.